The van der Waals surface area contributed by atoms with Crippen molar-refractivity contribution in [3.63, 3.8) is 0 Å². The van der Waals surface area contributed by atoms with Gasteiger partial charge in [-0.15, -0.1) is 0 Å². The molecule has 0 aliphatic carbocycles. The molecule has 0 saturated carbocycles. The molecule has 0 bridgehead atoms. The van der Waals surface area contributed by atoms with Crippen LogP contribution in [0.1, 0.15) is 22.3 Å². The number of nitrogens with one attached hydrogen (secondary N) is 4. The highest BCUT2D eigenvalue weighted by Gasteiger charge is 2.04. The number of anilines is 2. The van der Waals surface area contributed by atoms with E-state index >= 15 is 0 Å². The van der Waals surface area contributed by atoms with Crippen molar-refractivity contribution in [1.82, 2.24) is 0 Å². The second-order valence-corrected chi connectivity index (χ2v) is 7.30. The van der Waals surface area contributed by atoms with E-state index in [9.17, 15) is 0 Å². The molecule has 4 rings (SSSR count). The van der Waals surface area contributed by atoms with Crippen molar-refractivity contribution >= 4 is 23.0 Å². The maximum atomic E-state index is 8.19. The van der Waals surface area contributed by atoms with E-state index in [0.29, 0.717) is 11.7 Å². The average molecular weight is 405 g/mol. The molecule has 31 heavy (non-hydrogen) atoms. The molecule has 0 atom stereocenters. The first-order chi connectivity index (χ1) is 15.2. The molecule has 0 aromatic heterocycles. The van der Waals surface area contributed by atoms with Gasteiger partial charge in [0.25, 0.3) is 0 Å². The second kappa shape index (κ2) is 9.55. The van der Waals surface area contributed by atoms with Gasteiger partial charge in [-0.2, -0.15) is 0 Å². The Morgan fingerprint density at radius 3 is 1.19 bits per heavy atom. The molecule has 0 radical (unpaired) electrons. The van der Waals surface area contributed by atoms with E-state index in [1.165, 1.54) is 11.1 Å². The standard InChI is InChI=1S/C27H24N4/c28-26(22-7-3-1-4-8-22)30-24-15-11-20(12-16-24)19-21-13-17-25(18-14-21)31-27(29)23-9-5-2-6-10-23/h1-18H,19H2,(H2,28,30)(H2,29,31). The van der Waals surface area contributed by atoms with Gasteiger partial charge in [-0.25, -0.2) is 0 Å². The van der Waals surface area contributed by atoms with Crippen LogP contribution in [0.4, 0.5) is 11.4 Å². The fourth-order valence-corrected chi connectivity index (χ4v) is 3.29. The first kappa shape index (κ1) is 20.1. The number of hydrogen-bond donors (Lipinski definition) is 4. The van der Waals surface area contributed by atoms with Gasteiger partial charge in [-0.05, 0) is 41.8 Å². The molecule has 0 spiro atoms. The molecule has 0 aliphatic heterocycles. The van der Waals surface area contributed by atoms with Crippen molar-refractivity contribution in [2.45, 2.75) is 6.42 Å². The summed E-state index contributed by atoms with van der Waals surface area (Å²) in [6.45, 7) is 0. The van der Waals surface area contributed by atoms with Gasteiger partial charge < -0.3 is 10.6 Å². The number of hydrogen-bond acceptors (Lipinski definition) is 2. The topological polar surface area (TPSA) is 71.8 Å². The summed E-state index contributed by atoms with van der Waals surface area (Å²) in [6.07, 6.45) is 0.826. The largest absolute Gasteiger partial charge is 0.340 e. The molecule has 0 aliphatic rings. The molecular formula is C27H24N4. The average Bonchev–Trinajstić information content (AvgIpc) is 2.82. The Morgan fingerprint density at radius 1 is 0.484 bits per heavy atom. The third-order valence-electron chi connectivity index (χ3n) is 4.98. The molecular weight excluding hydrogens is 380 g/mol. The first-order valence-corrected chi connectivity index (χ1v) is 10.2. The highest BCUT2D eigenvalue weighted by molar-refractivity contribution is 6.06. The smallest absolute Gasteiger partial charge is 0.129 e. The van der Waals surface area contributed by atoms with Crippen LogP contribution in [0, 0.1) is 10.8 Å². The summed E-state index contributed by atoms with van der Waals surface area (Å²) < 4.78 is 0. The maximum Gasteiger partial charge on any atom is 0.129 e. The van der Waals surface area contributed by atoms with Gasteiger partial charge in [0.15, 0.2) is 0 Å². The lowest BCUT2D eigenvalue weighted by Gasteiger charge is -2.10. The van der Waals surface area contributed by atoms with Crippen molar-refractivity contribution in [1.29, 1.82) is 10.8 Å². The van der Waals surface area contributed by atoms with Crippen molar-refractivity contribution in [2.24, 2.45) is 0 Å². The molecule has 0 saturated heterocycles. The number of amidine groups is 2. The normalized spacial score (nSPS) is 10.3. The number of benzene rings is 4. The molecule has 0 unspecified atom stereocenters. The highest BCUT2D eigenvalue weighted by atomic mass is 14.9. The fraction of sp³-hybridized carbons (Fsp3) is 0.0370. The molecule has 152 valence electrons. The lowest BCUT2D eigenvalue weighted by atomic mass is 10.0. The van der Waals surface area contributed by atoms with E-state index in [4.69, 9.17) is 10.8 Å². The Morgan fingerprint density at radius 2 is 0.839 bits per heavy atom. The Balaban J connectivity index is 1.34. The summed E-state index contributed by atoms with van der Waals surface area (Å²) >= 11 is 0. The van der Waals surface area contributed by atoms with Crippen LogP contribution in [0.15, 0.2) is 109 Å². The van der Waals surface area contributed by atoms with E-state index in [1.54, 1.807) is 0 Å². The molecule has 4 aromatic rings. The van der Waals surface area contributed by atoms with Crippen LogP contribution in [0.3, 0.4) is 0 Å². The van der Waals surface area contributed by atoms with Crippen molar-refractivity contribution in [3.05, 3.63) is 131 Å². The van der Waals surface area contributed by atoms with E-state index in [1.807, 2.05) is 84.9 Å². The SMILES string of the molecule is N=C(Nc1ccc(Cc2ccc(NC(=N)c3ccccc3)cc2)cc1)c1ccccc1. The molecule has 0 heterocycles. The third-order valence-corrected chi connectivity index (χ3v) is 4.98. The predicted octanol–water partition coefficient (Wildman–Crippen LogP) is 6.15. The molecule has 4 aromatic carbocycles. The summed E-state index contributed by atoms with van der Waals surface area (Å²) in [6, 6.07) is 35.6. The van der Waals surface area contributed by atoms with E-state index in [2.05, 4.69) is 34.9 Å². The van der Waals surface area contributed by atoms with Crippen LogP contribution >= 0.6 is 0 Å². The van der Waals surface area contributed by atoms with Gasteiger partial charge in [0.1, 0.15) is 11.7 Å². The minimum Gasteiger partial charge on any atom is -0.340 e. The maximum absolute atomic E-state index is 8.19. The molecule has 4 N–H and O–H groups in total. The monoisotopic (exact) mass is 404 g/mol. The van der Waals surface area contributed by atoms with Gasteiger partial charge in [-0.3, -0.25) is 10.8 Å². The third kappa shape index (κ3) is 5.46. The molecule has 0 fully saturated rings. The van der Waals surface area contributed by atoms with Crippen molar-refractivity contribution < 1.29 is 0 Å². The minimum absolute atomic E-state index is 0.387. The lowest BCUT2D eigenvalue weighted by Crippen LogP contribution is -2.11. The molecule has 0 amide bonds. The van der Waals surface area contributed by atoms with Gasteiger partial charge in [0.2, 0.25) is 0 Å². The Bertz CT molecular complexity index is 1050. The van der Waals surface area contributed by atoms with Crippen LogP contribution in [-0.4, -0.2) is 11.7 Å². The summed E-state index contributed by atoms with van der Waals surface area (Å²) in [7, 11) is 0. The van der Waals surface area contributed by atoms with Gasteiger partial charge in [0, 0.05) is 22.5 Å². The van der Waals surface area contributed by atoms with E-state index in [0.717, 1.165) is 28.9 Å². The van der Waals surface area contributed by atoms with Gasteiger partial charge >= 0.3 is 0 Å². The Labute approximate surface area is 182 Å². The van der Waals surface area contributed by atoms with E-state index in [-0.39, 0.29) is 0 Å². The molecule has 4 heteroatoms. The summed E-state index contributed by atoms with van der Waals surface area (Å²) in [4.78, 5) is 0. The quantitative estimate of drug-likeness (QED) is 0.230. The fourth-order valence-electron chi connectivity index (χ4n) is 3.29. The summed E-state index contributed by atoms with van der Waals surface area (Å²) in [5.41, 5.74) is 5.93. The zero-order chi connectivity index (χ0) is 21.5. The van der Waals surface area contributed by atoms with Gasteiger partial charge in [0.05, 0.1) is 0 Å². The zero-order valence-electron chi connectivity index (χ0n) is 17.1. The van der Waals surface area contributed by atoms with Gasteiger partial charge in [-0.1, -0.05) is 84.9 Å². The van der Waals surface area contributed by atoms with Crippen LogP contribution < -0.4 is 10.6 Å². The highest BCUT2D eigenvalue weighted by Crippen LogP contribution is 2.17. The summed E-state index contributed by atoms with van der Waals surface area (Å²) in [5.74, 6) is 0.773. The van der Waals surface area contributed by atoms with Crippen LogP contribution in [0.2, 0.25) is 0 Å². The summed E-state index contributed by atoms with van der Waals surface area (Å²) in [5, 5.41) is 22.7. The van der Waals surface area contributed by atoms with Crippen LogP contribution in [0.25, 0.3) is 0 Å². The first-order valence-electron chi connectivity index (χ1n) is 10.2. The second-order valence-electron chi connectivity index (χ2n) is 7.30. The predicted molar refractivity (Wildman–Crippen MR) is 129 cm³/mol. The van der Waals surface area contributed by atoms with E-state index < -0.39 is 0 Å². The Kier molecular flexibility index (Phi) is 6.19. The molecule has 4 nitrogen and oxygen atoms in total. The van der Waals surface area contributed by atoms with Crippen molar-refractivity contribution in [2.75, 3.05) is 10.6 Å². The minimum atomic E-state index is 0.387. The number of rotatable bonds is 6. The van der Waals surface area contributed by atoms with Crippen molar-refractivity contribution in [3.8, 4) is 0 Å². The lowest BCUT2D eigenvalue weighted by molar-refractivity contribution is 1.19. The van der Waals surface area contributed by atoms with Crippen LogP contribution in [0.5, 0.6) is 0 Å². The Hall–Kier alpha value is -4.18. The van der Waals surface area contributed by atoms with Crippen LogP contribution in [-0.2, 0) is 6.42 Å². The zero-order valence-corrected chi connectivity index (χ0v) is 17.1.